The van der Waals surface area contributed by atoms with Crippen LogP contribution in [0.4, 0.5) is 0 Å². The highest BCUT2D eigenvalue weighted by molar-refractivity contribution is 7.99. The number of carboxylic acid groups (broad SMARTS) is 1. The molecular formula is C8H15NO3S. The molecule has 76 valence electrons. The molecule has 0 aromatic rings. The summed E-state index contributed by atoms with van der Waals surface area (Å²) in [6, 6.07) is -0.804. The summed E-state index contributed by atoms with van der Waals surface area (Å²) in [5.41, 5.74) is 0. The van der Waals surface area contributed by atoms with Crippen molar-refractivity contribution in [2.24, 2.45) is 0 Å². The predicted octanol–water partition coefficient (Wildman–Crippen LogP) is 0.717. The van der Waals surface area contributed by atoms with Crippen LogP contribution in [0.1, 0.15) is 20.3 Å². The summed E-state index contributed by atoms with van der Waals surface area (Å²) in [6.07, 6.45) is 2.28. The maximum atomic E-state index is 11.1. The first-order valence-electron chi connectivity index (χ1n) is 4.02. The third-order valence-electron chi connectivity index (χ3n) is 1.62. The van der Waals surface area contributed by atoms with Crippen LogP contribution in [0.5, 0.6) is 0 Å². The first kappa shape index (κ1) is 12.3. The Hall–Kier alpha value is -0.710. The molecule has 5 heteroatoms. The van der Waals surface area contributed by atoms with E-state index in [-0.39, 0.29) is 11.2 Å². The van der Waals surface area contributed by atoms with E-state index in [1.54, 1.807) is 11.8 Å². The van der Waals surface area contributed by atoms with Crippen LogP contribution < -0.4 is 5.32 Å². The molecular weight excluding hydrogens is 190 g/mol. The molecule has 0 heterocycles. The summed E-state index contributed by atoms with van der Waals surface area (Å²) >= 11 is 1.58. The van der Waals surface area contributed by atoms with Crippen molar-refractivity contribution in [1.29, 1.82) is 0 Å². The molecule has 0 aliphatic heterocycles. The number of hydrogen-bond donors (Lipinski definition) is 2. The van der Waals surface area contributed by atoms with Gasteiger partial charge in [0.2, 0.25) is 5.91 Å². The molecule has 0 fully saturated rings. The largest absolute Gasteiger partial charge is 0.480 e. The molecule has 13 heavy (non-hydrogen) atoms. The molecule has 2 N–H and O–H groups in total. The van der Waals surface area contributed by atoms with Crippen LogP contribution >= 0.6 is 11.8 Å². The number of hydrogen-bond acceptors (Lipinski definition) is 3. The van der Waals surface area contributed by atoms with Crippen LogP contribution in [0.25, 0.3) is 0 Å². The van der Waals surface area contributed by atoms with E-state index in [2.05, 4.69) is 5.32 Å². The minimum Gasteiger partial charge on any atom is -0.480 e. The number of nitrogens with one attached hydrogen (secondary N) is 1. The minimum atomic E-state index is -1.01. The van der Waals surface area contributed by atoms with Gasteiger partial charge in [0, 0.05) is 11.7 Å². The Balaban J connectivity index is 3.81. The summed E-state index contributed by atoms with van der Waals surface area (Å²) < 4.78 is 0. The van der Waals surface area contributed by atoms with Crippen molar-refractivity contribution in [3.8, 4) is 0 Å². The third kappa shape index (κ3) is 5.52. The summed E-state index contributed by atoms with van der Waals surface area (Å²) in [5, 5.41) is 11.1. The molecule has 0 aromatic heterocycles. The standard InChI is InChI=1S/C8H15NO3S/c1-5(13-3)4-7(10)9-6(2)8(11)12/h5-6H,4H2,1-3H3,(H,9,10)(H,11,12). The summed E-state index contributed by atoms with van der Waals surface area (Å²) in [5.74, 6) is -1.22. The normalized spacial score (nSPS) is 14.7. The highest BCUT2D eigenvalue weighted by Gasteiger charge is 2.15. The number of carbonyl (C=O) groups excluding carboxylic acids is 1. The van der Waals surface area contributed by atoms with Crippen molar-refractivity contribution < 1.29 is 14.7 Å². The first-order valence-corrected chi connectivity index (χ1v) is 5.31. The van der Waals surface area contributed by atoms with Crippen LogP contribution in [0.15, 0.2) is 0 Å². The van der Waals surface area contributed by atoms with E-state index in [0.29, 0.717) is 6.42 Å². The van der Waals surface area contributed by atoms with E-state index in [1.165, 1.54) is 6.92 Å². The molecule has 0 saturated carbocycles. The van der Waals surface area contributed by atoms with Crippen LogP contribution in [0.2, 0.25) is 0 Å². The number of amides is 1. The van der Waals surface area contributed by atoms with Crippen molar-refractivity contribution >= 4 is 23.6 Å². The van der Waals surface area contributed by atoms with Gasteiger partial charge in [-0.2, -0.15) is 11.8 Å². The van der Waals surface area contributed by atoms with Gasteiger partial charge in [-0.1, -0.05) is 6.92 Å². The molecule has 2 atom stereocenters. The predicted molar refractivity (Wildman–Crippen MR) is 52.8 cm³/mol. The zero-order valence-electron chi connectivity index (χ0n) is 8.03. The van der Waals surface area contributed by atoms with Gasteiger partial charge in [-0.15, -0.1) is 0 Å². The van der Waals surface area contributed by atoms with Gasteiger partial charge in [0.25, 0.3) is 0 Å². The van der Waals surface area contributed by atoms with Crippen molar-refractivity contribution in [3.63, 3.8) is 0 Å². The van der Waals surface area contributed by atoms with Crippen LogP contribution in [0, 0.1) is 0 Å². The smallest absolute Gasteiger partial charge is 0.325 e. The summed E-state index contributed by atoms with van der Waals surface area (Å²) in [7, 11) is 0. The van der Waals surface area contributed by atoms with E-state index < -0.39 is 12.0 Å². The van der Waals surface area contributed by atoms with Crippen molar-refractivity contribution in [2.75, 3.05) is 6.26 Å². The fourth-order valence-corrected chi connectivity index (χ4v) is 1.02. The molecule has 0 aliphatic carbocycles. The highest BCUT2D eigenvalue weighted by atomic mass is 32.2. The van der Waals surface area contributed by atoms with Gasteiger partial charge in [-0.25, -0.2) is 0 Å². The topological polar surface area (TPSA) is 66.4 Å². The molecule has 0 aromatic carbocycles. The average Bonchev–Trinajstić information content (AvgIpc) is 2.03. The lowest BCUT2D eigenvalue weighted by Gasteiger charge is -2.11. The Morgan fingerprint density at radius 1 is 1.46 bits per heavy atom. The molecule has 1 amide bonds. The molecule has 0 saturated heterocycles. The fraction of sp³-hybridized carbons (Fsp3) is 0.750. The van der Waals surface area contributed by atoms with Gasteiger partial charge in [0.1, 0.15) is 6.04 Å². The number of aliphatic carboxylic acids is 1. The second-order valence-electron chi connectivity index (χ2n) is 2.88. The second kappa shape index (κ2) is 5.85. The maximum absolute atomic E-state index is 11.1. The van der Waals surface area contributed by atoms with Crippen molar-refractivity contribution in [2.45, 2.75) is 31.6 Å². The monoisotopic (exact) mass is 205 g/mol. The van der Waals surface area contributed by atoms with E-state index >= 15 is 0 Å². The molecule has 0 bridgehead atoms. The number of rotatable bonds is 5. The van der Waals surface area contributed by atoms with E-state index in [4.69, 9.17) is 5.11 Å². The molecule has 0 spiro atoms. The molecule has 0 radical (unpaired) electrons. The summed E-state index contributed by atoms with van der Waals surface area (Å²) in [6.45, 7) is 3.37. The number of carboxylic acids is 1. The number of carbonyl (C=O) groups is 2. The molecule has 2 unspecified atom stereocenters. The Labute approximate surface area is 82.1 Å². The van der Waals surface area contributed by atoms with Gasteiger partial charge in [-0.3, -0.25) is 9.59 Å². The highest BCUT2D eigenvalue weighted by Crippen LogP contribution is 2.08. The Bertz CT molecular complexity index is 196. The van der Waals surface area contributed by atoms with Gasteiger partial charge in [0.05, 0.1) is 0 Å². The first-order chi connectivity index (χ1) is 5.97. The van der Waals surface area contributed by atoms with Crippen LogP contribution in [-0.2, 0) is 9.59 Å². The van der Waals surface area contributed by atoms with Crippen LogP contribution in [0.3, 0.4) is 0 Å². The molecule has 0 aliphatic rings. The molecule has 4 nitrogen and oxygen atoms in total. The lowest BCUT2D eigenvalue weighted by Crippen LogP contribution is -2.39. The van der Waals surface area contributed by atoms with Gasteiger partial charge >= 0.3 is 5.97 Å². The van der Waals surface area contributed by atoms with E-state index in [1.807, 2.05) is 13.2 Å². The lowest BCUT2D eigenvalue weighted by atomic mass is 10.3. The Morgan fingerprint density at radius 2 is 2.00 bits per heavy atom. The fourth-order valence-electron chi connectivity index (χ4n) is 0.707. The number of thioether (sulfide) groups is 1. The quantitative estimate of drug-likeness (QED) is 0.694. The van der Waals surface area contributed by atoms with Crippen molar-refractivity contribution in [3.05, 3.63) is 0 Å². The third-order valence-corrected chi connectivity index (χ3v) is 2.59. The SMILES string of the molecule is CSC(C)CC(=O)NC(C)C(=O)O. The summed E-state index contributed by atoms with van der Waals surface area (Å²) in [4.78, 5) is 21.5. The van der Waals surface area contributed by atoms with Gasteiger partial charge in [0.15, 0.2) is 0 Å². The minimum absolute atomic E-state index is 0.211. The van der Waals surface area contributed by atoms with E-state index in [0.717, 1.165) is 0 Å². The molecule has 0 rings (SSSR count). The second-order valence-corrected chi connectivity index (χ2v) is 4.15. The maximum Gasteiger partial charge on any atom is 0.325 e. The zero-order valence-corrected chi connectivity index (χ0v) is 8.85. The zero-order chi connectivity index (χ0) is 10.4. The average molecular weight is 205 g/mol. The lowest BCUT2D eigenvalue weighted by molar-refractivity contribution is -0.141. The van der Waals surface area contributed by atoms with Gasteiger partial charge in [-0.05, 0) is 13.2 Å². The Kier molecular flexibility index (Phi) is 5.53. The van der Waals surface area contributed by atoms with Crippen LogP contribution in [-0.4, -0.2) is 34.5 Å². The Morgan fingerprint density at radius 3 is 2.38 bits per heavy atom. The van der Waals surface area contributed by atoms with Crippen molar-refractivity contribution in [1.82, 2.24) is 5.32 Å². The van der Waals surface area contributed by atoms with Gasteiger partial charge < -0.3 is 10.4 Å². The van der Waals surface area contributed by atoms with E-state index in [9.17, 15) is 9.59 Å².